The van der Waals surface area contributed by atoms with Gasteiger partial charge in [0.15, 0.2) is 0 Å². The summed E-state index contributed by atoms with van der Waals surface area (Å²) in [6.07, 6.45) is 0.0145. The van der Waals surface area contributed by atoms with Gasteiger partial charge in [-0.3, -0.25) is 4.79 Å². The second kappa shape index (κ2) is 5.77. The molecular weight excluding hydrogens is 281 g/mol. The molecule has 0 aliphatic carbocycles. The van der Waals surface area contributed by atoms with Crippen LogP contribution in [0.5, 0.6) is 0 Å². The summed E-state index contributed by atoms with van der Waals surface area (Å²) in [5.74, 6) is -1.73. The number of carboxylic acid groups (broad SMARTS) is 1. The number of rotatable bonds is 3. The molecule has 2 aromatic rings. The molecule has 1 N–H and O–H groups in total. The summed E-state index contributed by atoms with van der Waals surface area (Å²) in [6, 6.07) is 11.7. The predicted molar refractivity (Wildman–Crippen MR) is 67.8 cm³/mol. The van der Waals surface area contributed by atoms with Crippen molar-refractivity contribution in [2.24, 2.45) is 0 Å². The van der Waals surface area contributed by atoms with E-state index in [0.29, 0.717) is 11.3 Å². The molecule has 0 amide bonds. The maximum absolute atomic E-state index is 12.4. The smallest absolute Gasteiger partial charge is 0.547 e. The third-order valence-electron chi connectivity index (χ3n) is 3.71. The van der Waals surface area contributed by atoms with Gasteiger partial charge in [-0.2, -0.15) is 0 Å². The molecule has 0 radical (unpaired) electrons. The van der Waals surface area contributed by atoms with Crippen molar-refractivity contribution in [2.75, 3.05) is 0 Å². The van der Waals surface area contributed by atoms with Crippen molar-refractivity contribution in [3.63, 3.8) is 0 Å². The molecule has 1 unspecified atom stereocenters. The Hall–Kier alpha value is -1.40. The fourth-order valence-corrected chi connectivity index (χ4v) is 2.61. The Morgan fingerprint density at radius 1 is 1.14 bits per heavy atom. The van der Waals surface area contributed by atoms with Gasteiger partial charge in [0.2, 0.25) is 5.78 Å². The minimum Gasteiger partial charge on any atom is -0.547 e. The van der Waals surface area contributed by atoms with Gasteiger partial charge in [-0.25, -0.2) is 0 Å². The average Bonchev–Trinajstić information content (AvgIpc) is 3.01. The standard InChI is InChI=1S/C15H13NO4.Na/c17-13(10-4-2-1-3-5-10)11-6-7-12-15(20,14(18)19)8-9-16(11)12;/h1-7,20H,8-9H2,(H,18,19);/q;+1/p-1. The van der Waals surface area contributed by atoms with Crippen molar-refractivity contribution < 1.29 is 49.4 Å². The predicted octanol–water partition coefficient (Wildman–Crippen LogP) is -2.94. The first-order chi connectivity index (χ1) is 9.54. The van der Waals surface area contributed by atoms with Gasteiger partial charge in [0.25, 0.3) is 0 Å². The number of hydrogen-bond acceptors (Lipinski definition) is 4. The van der Waals surface area contributed by atoms with E-state index in [2.05, 4.69) is 0 Å². The largest absolute Gasteiger partial charge is 1.00 e. The van der Waals surface area contributed by atoms with Gasteiger partial charge >= 0.3 is 29.6 Å². The van der Waals surface area contributed by atoms with Crippen LogP contribution in [-0.4, -0.2) is 21.4 Å². The number of carbonyl (C=O) groups excluding carboxylic acids is 2. The van der Waals surface area contributed by atoms with Gasteiger partial charge in [-0.1, -0.05) is 30.3 Å². The molecule has 0 bridgehead atoms. The number of carboxylic acids is 1. The van der Waals surface area contributed by atoms with Crippen LogP contribution in [0.3, 0.4) is 0 Å². The van der Waals surface area contributed by atoms with Crippen LogP contribution in [0.25, 0.3) is 0 Å². The molecule has 6 heteroatoms. The third kappa shape index (κ3) is 2.46. The normalized spacial score (nSPS) is 19.7. The average molecular weight is 293 g/mol. The van der Waals surface area contributed by atoms with E-state index in [1.807, 2.05) is 6.07 Å². The van der Waals surface area contributed by atoms with Crippen molar-refractivity contribution >= 4 is 11.8 Å². The zero-order valence-electron chi connectivity index (χ0n) is 11.6. The van der Waals surface area contributed by atoms with E-state index in [1.165, 1.54) is 12.1 Å². The molecule has 0 fully saturated rings. The second-order valence-electron chi connectivity index (χ2n) is 4.85. The summed E-state index contributed by atoms with van der Waals surface area (Å²) < 4.78 is 1.55. The first kappa shape index (κ1) is 16.0. The first-order valence-corrected chi connectivity index (χ1v) is 6.27. The fraction of sp³-hybridized carbons (Fsp3) is 0.200. The topological polar surface area (TPSA) is 82.4 Å². The third-order valence-corrected chi connectivity index (χ3v) is 3.71. The van der Waals surface area contributed by atoms with Crippen molar-refractivity contribution in [3.05, 3.63) is 59.4 Å². The second-order valence-corrected chi connectivity index (χ2v) is 4.85. The van der Waals surface area contributed by atoms with Crippen LogP contribution in [0, 0.1) is 0 Å². The number of hydrogen-bond donors (Lipinski definition) is 1. The van der Waals surface area contributed by atoms with Crippen LogP contribution in [0.1, 0.15) is 28.2 Å². The van der Waals surface area contributed by atoms with E-state index < -0.39 is 11.6 Å². The number of benzene rings is 1. The molecule has 0 spiro atoms. The molecule has 1 aromatic heterocycles. The van der Waals surface area contributed by atoms with Gasteiger partial charge in [-0.15, -0.1) is 0 Å². The summed E-state index contributed by atoms with van der Waals surface area (Å²) >= 11 is 0. The van der Waals surface area contributed by atoms with Crippen molar-refractivity contribution in [1.29, 1.82) is 0 Å². The van der Waals surface area contributed by atoms with Crippen molar-refractivity contribution in [2.45, 2.75) is 18.6 Å². The van der Waals surface area contributed by atoms with Crippen LogP contribution >= 0.6 is 0 Å². The zero-order chi connectivity index (χ0) is 14.3. The first-order valence-electron chi connectivity index (χ1n) is 6.27. The van der Waals surface area contributed by atoms with Crippen molar-refractivity contribution in [1.82, 2.24) is 4.57 Å². The molecule has 2 heterocycles. The molecular formula is C15H12NNaO4. The number of fused-ring (bicyclic) bond motifs is 1. The Labute approximate surface area is 143 Å². The quantitative estimate of drug-likeness (QED) is 0.485. The molecule has 1 aromatic carbocycles. The van der Waals surface area contributed by atoms with E-state index in [4.69, 9.17) is 0 Å². The maximum Gasteiger partial charge on any atom is 1.00 e. The van der Waals surface area contributed by atoms with Crippen molar-refractivity contribution in [3.8, 4) is 0 Å². The Morgan fingerprint density at radius 2 is 1.81 bits per heavy atom. The molecule has 3 rings (SSSR count). The Kier molecular flexibility index (Phi) is 4.39. The number of aliphatic hydroxyl groups is 1. The fourth-order valence-electron chi connectivity index (χ4n) is 2.61. The van der Waals surface area contributed by atoms with Gasteiger partial charge in [0, 0.05) is 18.5 Å². The van der Waals surface area contributed by atoms with Crippen LogP contribution in [0.15, 0.2) is 42.5 Å². The summed E-state index contributed by atoms with van der Waals surface area (Å²) in [4.78, 5) is 23.5. The van der Waals surface area contributed by atoms with Crippen LogP contribution in [0.2, 0.25) is 0 Å². The molecule has 1 atom stereocenters. The van der Waals surface area contributed by atoms with E-state index in [-0.39, 0.29) is 54.0 Å². The van der Waals surface area contributed by atoms with E-state index >= 15 is 0 Å². The van der Waals surface area contributed by atoms with E-state index in [9.17, 15) is 19.8 Å². The van der Waals surface area contributed by atoms with Crippen LogP contribution in [-0.2, 0) is 16.9 Å². The van der Waals surface area contributed by atoms with Gasteiger partial charge in [0.05, 0.1) is 17.4 Å². The Bertz CT molecular complexity index is 695. The van der Waals surface area contributed by atoms with Crippen LogP contribution < -0.4 is 34.7 Å². The Balaban J connectivity index is 0.00000161. The van der Waals surface area contributed by atoms with E-state index in [1.54, 1.807) is 28.8 Å². The Morgan fingerprint density at radius 3 is 2.43 bits per heavy atom. The van der Waals surface area contributed by atoms with Gasteiger partial charge in [0.1, 0.15) is 5.60 Å². The molecule has 102 valence electrons. The number of nitrogens with zero attached hydrogens (tertiary/aromatic N) is 1. The number of carbonyl (C=O) groups is 2. The number of ketones is 1. The van der Waals surface area contributed by atoms with E-state index in [0.717, 1.165) is 0 Å². The molecule has 1 aliphatic heterocycles. The summed E-state index contributed by atoms with van der Waals surface area (Å²) in [7, 11) is 0. The molecule has 1 aliphatic rings. The summed E-state index contributed by atoms with van der Waals surface area (Å²) in [5.41, 5.74) is -0.896. The summed E-state index contributed by atoms with van der Waals surface area (Å²) in [6.45, 7) is 0.278. The minimum absolute atomic E-state index is 0. The monoisotopic (exact) mass is 293 g/mol. The minimum atomic E-state index is -2.00. The molecule has 5 nitrogen and oxygen atoms in total. The zero-order valence-corrected chi connectivity index (χ0v) is 13.6. The van der Waals surface area contributed by atoms with Gasteiger partial charge < -0.3 is 19.6 Å². The maximum atomic E-state index is 12.4. The summed E-state index contributed by atoms with van der Waals surface area (Å²) in [5, 5.41) is 21.2. The molecule has 0 saturated carbocycles. The molecule has 21 heavy (non-hydrogen) atoms. The number of aromatic nitrogens is 1. The van der Waals surface area contributed by atoms with Crippen LogP contribution in [0.4, 0.5) is 0 Å². The SMILES string of the molecule is O=C(c1ccccc1)c1ccc2n1CCC2(O)C(=O)[O-].[Na+]. The number of aliphatic carboxylic acids is 1. The van der Waals surface area contributed by atoms with Gasteiger partial charge in [-0.05, 0) is 12.1 Å². The molecule has 0 saturated heterocycles.